The van der Waals surface area contributed by atoms with E-state index in [9.17, 15) is 0 Å². The molecule has 0 N–H and O–H groups in total. The van der Waals surface area contributed by atoms with Crippen molar-refractivity contribution in [2.24, 2.45) is 0 Å². The molecule has 0 aliphatic rings. The number of pyridine rings is 1. The van der Waals surface area contributed by atoms with E-state index < -0.39 is 0 Å². The van der Waals surface area contributed by atoms with Gasteiger partial charge in [-0.05, 0) is 58.7 Å². The third kappa shape index (κ3) is 6.66. The minimum atomic E-state index is 0.542. The molecule has 0 aliphatic carbocycles. The maximum Gasteiger partial charge on any atom is 0.238 e. The van der Waals surface area contributed by atoms with E-state index in [2.05, 4.69) is 228 Å². The summed E-state index contributed by atoms with van der Waals surface area (Å²) in [6.45, 7) is 0. The first-order valence-corrected chi connectivity index (χ1v) is 22.9. The Bertz CT molecular complexity index is 3970. The summed E-state index contributed by atoms with van der Waals surface area (Å²) in [5, 5.41) is 4.63. The second-order valence-corrected chi connectivity index (χ2v) is 17.1. The van der Waals surface area contributed by atoms with E-state index in [1.807, 2.05) is 24.4 Å². The van der Waals surface area contributed by atoms with Gasteiger partial charge in [-0.1, -0.05) is 200 Å². The maximum absolute atomic E-state index is 5.40. The van der Waals surface area contributed by atoms with Crippen molar-refractivity contribution in [2.45, 2.75) is 0 Å². The van der Waals surface area contributed by atoms with Crippen LogP contribution in [0.3, 0.4) is 0 Å². The normalized spacial score (nSPS) is 11.5. The monoisotopic (exact) mass is 868 g/mol. The molecule has 4 aromatic heterocycles. The summed E-state index contributed by atoms with van der Waals surface area (Å²) in [6, 6.07) is 83.0. The molecule has 4 heterocycles. The highest BCUT2D eigenvalue weighted by Crippen LogP contribution is 2.40. The van der Waals surface area contributed by atoms with Crippen molar-refractivity contribution in [1.29, 1.82) is 0 Å². The van der Waals surface area contributed by atoms with Crippen molar-refractivity contribution >= 4 is 43.6 Å². The Hall–Kier alpha value is -9.26. The summed E-state index contributed by atoms with van der Waals surface area (Å²) in [6.07, 6.45) is 2.00. The predicted octanol–water partition coefficient (Wildman–Crippen LogP) is 15.5. The lowest BCUT2D eigenvalue weighted by molar-refractivity contribution is 0.954. The van der Waals surface area contributed by atoms with Gasteiger partial charge in [0, 0.05) is 55.6 Å². The molecule has 0 bridgehead atoms. The summed E-state index contributed by atoms with van der Waals surface area (Å²) in [7, 11) is 0. The molecule has 13 rings (SSSR count). The van der Waals surface area contributed by atoms with Crippen LogP contribution < -0.4 is 0 Å². The van der Waals surface area contributed by atoms with Crippen molar-refractivity contribution in [1.82, 2.24) is 29.1 Å². The number of hydrogen-bond acceptors (Lipinski definition) is 4. The minimum Gasteiger partial charge on any atom is -0.307 e. The van der Waals surface area contributed by atoms with Crippen molar-refractivity contribution in [3.63, 3.8) is 0 Å². The van der Waals surface area contributed by atoms with Crippen LogP contribution >= 0.6 is 0 Å². The fourth-order valence-corrected chi connectivity index (χ4v) is 9.89. The Morgan fingerprint density at radius 3 is 1.41 bits per heavy atom. The average Bonchev–Trinajstić information content (AvgIpc) is 3.95. The highest BCUT2D eigenvalue weighted by molar-refractivity contribution is 6.14. The van der Waals surface area contributed by atoms with E-state index in [0.29, 0.717) is 17.6 Å². The highest BCUT2D eigenvalue weighted by atomic mass is 15.2. The van der Waals surface area contributed by atoms with Crippen molar-refractivity contribution in [3.05, 3.63) is 243 Å². The number of para-hydroxylation sites is 4. The molecular formula is C62H40N6. The Morgan fingerprint density at radius 2 is 0.750 bits per heavy atom. The second-order valence-electron chi connectivity index (χ2n) is 17.1. The van der Waals surface area contributed by atoms with Crippen molar-refractivity contribution in [3.8, 4) is 79.0 Å². The van der Waals surface area contributed by atoms with E-state index in [1.165, 1.54) is 16.3 Å². The smallest absolute Gasteiger partial charge is 0.238 e. The molecule has 0 spiro atoms. The SMILES string of the molecule is c1ccc(-c2cccc(-c3cnc(-c4cccc(-c5nc(-c6ccccc6)nc(-n6c7ccccc7c7cccc(-c8ccccc8)c76)n5)c4)c(-n4c5ccccc5c5ccccc54)c3)c2)cc1. The summed E-state index contributed by atoms with van der Waals surface area (Å²) in [5.74, 6) is 1.69. The largest absolute Gasteiger partial charge is 0.307 e. The molecule has 6 nitrogen and oxygen atoms in total. The van der Waals surface area contributed by atoms with E-state index in [4.69, 9.17) is 19.9 Å². The molecule has 0 unspecified atom stereocenters. The standard InChI is InChI=1S/C62H40N6/c1-4-19-41(20-5-1)44-25-16-26-45(37-44)48-39-57(67-54-34-13-10-29-50(54)51-30-11-14-35-55(51)67)58(63-40-48)46-27-17-28-47(38-46)61-64-60(43-23-8-3-9-24-43)65-62(66-61)68-56-36-15-12-31-52(56)53-33-18-32-49(59(53)68)42-21-6-2-7-22-42/h1-40H. The number of rotatable bonds is 8. The number of benzene rings is 9. The van der Waals surface area contributed by atoms with Gasteiger partial charge in [-0.15, -0.1) is 0 Å². The number of nitrogens with zero attached hydrogens (tertiary/aromatic N) is 6. The first-order valence-electron chi connectivity index (χ1n) is 22.9. The Balaban J connectivity index is 1.03. The first kappa shape index (κ1) is 39.1. The predicted molar refractivity (Wildman–Crippen MR) is 279 cm³/mol. The van der Waals surface area contributed by atoms with E-state index in [-0.39, 0.29) is 0 Å². The zero-order valence-corrected chi connectivity index (χ0v) is 36.8. The van der Waals surface area contributed by atoms with Crippen LogP contribution in [0.25, 0.3) is 123 Å². The van der Waals surface area contributed by atoms with Gasteiger partial charge in [-0.3, -0.25) is 9.55 Å². The van der Waals surface area contributed by atoms with Gasteiger partial charge in [0.15, 0.2) is 11.6 Å². The summed E-state index contributed by atoms with van der Waals surface area (Å²) < 4.78 is 4.58. The molecule has 0 saturated carbocycles. The van der Waals surface area contributed by atoms with Crippen LogP contribution in [0.5, 0.6) is 0 Å². The van der Waals surface area contributed by atoms with Gasteiger partial charge in [0.2, 0.25) is 5.95 Å². The quantitative estimate of drug-likeness (QED) is 0.153. The third-order valence-electron chi connectivity index (χ3n) is 13.0. The number of fused-ring (bicyclic) bond motifs is 6. The van der Waals surface area contributed by atoms with Gasteiger partial charge in [-0.25, -0.2) is 4.98 Å². The van der Waals surface area contributed by atoms with E-state index in [1.54, 1.807) is 0 Å². The van der Waals surface area contributed by atoms with Gasteiger partial charge >= 0.3 is 0 Å². The molecule has 318 valence electrons. The number of hydrogen-bond donors (Lipinski definition) is 0. The fourth-order valence-electron chi connectivity index (χ4n) is 9.89. The topological polar surface area (TPSA) is 61.4 Å². The molecule has 13 aromatic rings. The van der Waals surface area contributed by atoms with Gasteiger partial charge in [0.05, 0.1) is 33.4 Å². The van der Waals surface area contributed by atoms with E-state index in [0.717, 1.165) is 88.7 Å². The van der Waals surface area contributed by atoms with Crippen LogP contribution in [0.4, 0.5) is 0 Å². The average molecular weight is 869 g/mol. The minimum absolute atomic E-state index is 0.542. The molecule has 9 aromatic carbocycles. The van der Waals surface area contributed by atoms with Crippen LogP contribution in [0.1, 0.15) is 0 Å². The third-order valence-corrected chi connectivity index (χ3v) is 13.0. The van der Waals surface area contributed by atoms with Crippen LogP contribution in [0, 0.1) is 0 Å². The van der Waals surface area contributed by atoms with Crippen molar-refractivity contribution in [2.75, 3.05) is 0 Å². The van der Waals surface area contributed by atoms with Crippen LogP contribution in [0.2, 0.25) is 0 Å². The van der Waals surface area contributed by atoms with Gasteiger partial charge in [-0.2, -0.15) is 9.97 Å². The highest BCUT2D eigenvalue weighted by Gasteiger charge is 2.22. The van der Waals surface area contributed by atoms with Gasteiger partial charge in [0.25, 0.3) is 0 Å². The molecule has 0 atom stereocenters. The molecular weight excluding hydrogens is 829 g/mol. The zero-order valence-electron chi connectivity index (χ0n) is 36.8. The summed E-state index contributed by atoms with van der Waals surface area (Å²) >= 11 is 0. The zero-order chi connectivity index (χ0) is 45.0. The number of aromatic nitrogens is 6. The lowest BCUT2D eigenvalue weighted by atomic mass is 9.98. The molecule has 0 fully saturated rings. The molecule has 0 aliphatic heterocycles. The summed E-state index contributed by atoms with van der Waals surface area (Å²) in [4.78, 5) is 21.3. The molecule has 6 heteroatoms. The lowest BCUT2D eigenvalue weighted by Crippen LogP contribution is -2.07. The molecule has 68 heavy (non-hydrogen) atoms. The van der Waals surface area contributed by atoms with E-state index >= 15 is 0 Å². The fraction of sp³-hybridized carbons (Fsp3) is 0. The summed E-state index contributed by atoms with van der Waals surface area (Å²) in [5.41, 5.74) is 15.4. The van der Waals surface area contributed by atoms with Gasteiger partial charge in [0.1, 0.15) is 0 Å². The molecule has 0 amide bonds. The Morgan fingerprint density at radius 1 is 0.294 bits per heavy atom. The Labute approximate surface area is 392 Å². The molecule has 0 radical (unpaired) electrons. The lowest BCUT2D eigenvalue weighted by Gasteiger charge is -2.16. The van der Waals surface area contributed by atoms with Crippen LogP contribution in [-0.2, 0) is 0 Å². The molecule has 0 saturated heterocycles. The Kier molecular flexibility index (Phi) is 9.39. The van der Waals surface area contributed by atoms with Crippen LogP contribution in [-0.4, -0.2) is 29.1 Å². The van der Waals surface area contributed by atoms with Crippen molar-refractivity contribution < 1.29 is 0 Å². The van der Waals surface area contributed by atoms with Crippen LogP contribution in [0.15, 0.2) is 243 Å². The maximum atomic E-state index is 5.40. The second kappa shape index (κ2) is 16.3. The first-order chi connectivity index (χ1) is 33.7. The van der Waals surface area contributed by atoms with Gasteiger partial charge < -0.3 is 4.57 Å².